The van der Waals surface area contributed by atoms with Crippen LogP contribution in [0.15, 0.2) is 97.3 Å². The second-order valence-corrected chi connectivity index (χ2v) is 17.0. The molecule has 0 saturated heterocycles. The normalized spacial score (nSPS) is 13.5. The van der Waals surface area contributed by atoms with Crippen LogP contribution < -0.4 is 20.1 Å². The molecule has 4 aromatic carbocycles. The van der Waals surface area contributed by atoms with E-state index in [1.54, 1.807) is 22.2 Å². The Balaban J connectivity index is 0.997. The van der Waals surface area contributed by atoms with Gasteiger partial charge in [0, 0.05) is 59.3 Å². The molecule has 0 bridgehead atoms. The molecule has 6 aromatic rings. The minimum atomic E-state index is -0.852. The molecule has 2 aliphatic rings. The molecule has 3 atom stereocenters. The van der Waals surface area contributed by atoms with Crippen molar-refractivity contribution in [3.8, 4) is 57.5 Å². The zero-order chi connectivity index (χ0) is 46.9. The fraction of sp³-hybridized carbons (Fsp3) is 0.340. The number of aliphatic hydroxyl groups is 1. The van der Waals surface area contributed by atoms with Crippen molar-refractivity contribution in [2.45, 2.75) is 104 Å². The summed E-state index contributed by atoms with van der Waals surface area (Å²) in [5.74, 6) is 4.79. The van der Waals surface area contributed by atoms with Crippen molar-refractivity contribution in [2.75, 3.05) is 13.1 Å². The van der Waals surface area contributed by atoms with E-state index in [-0.39, 0.29) is 30.8 Å². The molecule has 0 aliphatic carbocycles. The van der Waals surface area contributed by atoms with Crippen LogP contribution in [0.1, 0.15) is 105 Å². The van der Waals surface area contributed by atoms with Crippen molar-refractivity contribution >= 4 is 17.7 Å². The summed E-state index contributed by atoms with van der Waals surface area (Å²) >= 11 is 0. The molecule has 67 heavy (non-hydrogen) atoms. The molecule has 4 heterocycles. The van der Waals surface area contributed by atoms with E-state index in [0.717, 1.165) is 80.2 Å². The second kappa shape index (κ2) is 21.4. The van der Waals surface area contributed by atoms with Gasteiger partial charge in [-0.05, 0) is 54.7 Å². The van der Waals surface area contributed by atoms with Crippen LogP contribution in [0, 0.1) is 12.3 Å². The number of hydrogen-bond acceptors (Lipinski definition) is 9. The Hall–Kier alpha value is -7.21. The number of carbonyl (C=O) groups excluding carboxylic acids is 3. The van der Waals surface area contributed by atoms with E-state index in [1.165, 1.54) is 0 Å². The highest BCUT2D eigenvalue weighted by molar-refractivity contribution is 5.90. The maximum atomic E-state index is 14.2. The number of terminal acetylenes is 1. The first-order valence-corrected chi connectivity index (χ1v) is 23.2. The summed E-state index contributed by atoms with van der Waals surface area (Å²) in [5.41, 5.74) is 8.70. The predicted octanol–water partition coefficient (Wildman–Crippen LogP) is 8.12. The fourth-order valence-corrected chi connectivity index (χ4v) is 8.80. The number of hydrogen-bond donors (Lipinski definition) is 5. The Morgan fingerprint density at radius 1 is 0.731 bits per heavy atom. The van der Waals surface area contributed by atoms with Crippen LogP contribution in [0.4, 0.5) is 0 Å². The Labute approximate surface area is 391 Å². The van der Waals surface area contributed by atoms with Gasteiger partial charge in [0.1, 0.15) is 54.7 Å². The van der Waals surface area contributed by atoms with Gasteiger partial charge in [-0.1, -0.05) is 87.9 Å². The van der Waals surface area contributed by atoms with Gasteiger partial charge < -0.3 is 39.7 Å². The maximum Gasteiger partial charge on any atom is 0.250 e. The highest BCUT2D eigenvalue weighted by Crippen LogP contribution is 2.50. The van der Waals surface area contributed by atoms with Gasteiger partial charge in [0.15, 0.2) is 0 Å². The van der Waals surface area contributed by atoms with Gasteiger partial charge in [-0.25, -0.2) is 9.97 Å². The predicted molar refractivity (Wildman–Crippen MR) is 256 cm³/mol. The lowest BCUT2D eigenvalue weighted by Crippen LogP contribution is -2.44. The molecule has 14 nitrogen and oxygen atoms in total. The number of rotatable bonds is 21. The minimum Gasteiger partial charge on any atom is -0.488 e. The second-order valence-electron chi connectivity index (χ2n) is 17.0. The third-order valence-electron chi connectivity index (χ3n) is 12.1. The topological polar surface area (TPSA) is 178 Å². The molecule has 14 heteroatoms. The Morgan fingerprint density at radius 3 is 1.76 bits per heavy atom. The zero-order valence-corrected chi connectivity index (χ0v) is 38.3. The number of aliphatic hydroxyl groups excluding tert-OH is 1. The van der Waals surface area contributed by atoms with Crippen LogP contribution in [0.5, 0.6) is 11.5 Å². The van der Waals surface area contributed by atoms with E-state index in [9.17, 15) is 19.5 Å². The van der Waals surface area contributed by atoms with E-state index < -0.39 is 18.3 Å². The van der Waals surface area contributed by atoms with Gasteiger partial charge in [0.2, 0.25) is 17.7 Å². The molecule has 1 unspecified atom stereocenters. The number of aromatic amines is 2. The van der Waals surface area contributed by atoms with E-state index in [2.05, 4.69) is 43.6 Å². The molecule has 0 radical (unpaired) electrons. The molecule has 346 valence electrons. The molecule has 0 fully saturated rings. The lowest BCUT2D eigenvalue weighted by Gasteiger charge is -2.30. The van der Waals surface area contributed by atoms with Crippen LogP contribution in [-0.4, -0.2) is 71.9 Å². The van der Waals surface area contributed by atoms with Crippen LogP contribution in [0.3, 0.4) is 0 Å². The van der Waals surface area contributed by atoms with Crippen molar-refractivity contribution < 1.29 is 29.0 Å². The first-order chi connectivity index (χ1) is 32.7. The number of carbonyl (C=O) groups is 3. The van der Waals surface area contributed by atoms with E-state index in [1.807, 2.05) is 93.6 Å². The third-order valence-corrected chi connectivity index (χ3v) is 12.1. The molecule has 0 saturated carbocycles. The summed E-state index contributed by atoms with van der Waals surface area (Å²) in [6.45, 7) is 7.82. The maximum absolute atomic E-state index is 14.2. The third kappa shape index (κ3) is 10.6. The van der Waals surface area contributed by atoms with Crippen molar-refractivity contribution in [3.63, 3.8) is 0 Å². The summed E-state index contributed by atoms with van der Waals surface area (Å²) in [6, 6.07) is 25.4. The zero-order valence-electron chi connectivity index (χ0n) is 38.3. The van der Waals surface area contributed by atoms with E-state index in [0.29, 0.717) is 63.6 Å². The van der Waals surface area contributed by atoms with Gasteiger partial charge in [-0.15, -0.1) is 12.3 Å². The van der Waals surface area contributed by atoms with Crippen LogP contribution in [0.25, 0.3) is 33.6 Å². The SMILES string of the molecule is C#CCCN(Cc1ncc(-c2cc3c4c(c2)OCc2cc(-c5cnc(CN(CCC)C(=O)[C@H](NC(=O)CCC)c6ccccc6)[nH]5)cc(c2-4)OC3)[nH]1)C(=O)[C@H](NC(O)CCC)c1ccccc1. The average Bonchev–Trinajstić information content (AvgIpc) is 4.03. The molecule has 2 aliphatic heterocycles. The number of aromatic nitrogens is 4. The quantitative estimate of drug-likeness (QED) is 0.0353. The molecule has 0 spiro atoms. The summed E-state index contributed by atoms with van der Waals surface area (Å²) in [5, 5.41) is 16.8. The molecule has 5 N–H and O–H groups in total. The number of amides is 3. The van der Waals surface area contributed by atoms with Gasteiger partial charge in [0.05, 0.1) is 36.9 Å². The molecule has 2 aromatic heterocycles. The average molecular weight is 903 g/mol. The number of benzene rings is 4. The smallest absolute Gasteiger partial charge is 0.250 e. The summed E-state index contributed by atoms with van der Waals surface area (Å²) in [6.07, 6.45) is 11.7. The number of nitrogens with zero attached hydrogens (tertiary/aromatic N) is 4. The van der Waals surface area contributed by atoms with E-state index >= 15 is 0 Å². The Bertz CT molecular complexity index is 2680. The Morgan fingerprint density at radius 2 is 1.25 bits per heavy atom. The molecular weight excluding hydrogens is 845 g/mol. The van der Waals surface area contributed by atoms with Crippen molar-refractivity contribution in [1.82, 2.24) is 40.4 Å². The summed E-state index contributed by atoms with van der Waals surface area (Å²) in [7, 11) is 0. The van der Waals surface area contributed by atoms with Gasteiger partial charge in [0.25, 0.3) is 0 Å². The highest BCUT2D eigenvalue weighted by atomic mass is 16.5. The van der Waals surface area contributed by atoms with E-state index in [4.69, 9.17) is 20.9 Å². The number of ether oxygens (including phenoxy) is 2. The molecule has 8 rings (SSSR count). The lowest BCUT2D eigenvalue weighted by atomic mass is 9.87. The monoisotopic (exact) mass is 902 g/mol. The first kappa shape index (κ1) is 46.3. The lowest BCUT2D eigenvalue weighted by molar-refractivity contribution is -0.137. The number of imidazole rings is 2. The molecule has 3 amide bonds. The standard InChI is InChI=1S/C53H58N8O6/c1-5-9-23-61(53(65)51(59-47(63)17-7-3)35-20-14-11-15-21-35)31-45-55-29-41(57-45)37-25-39-33-66-42-26-36(24-38-32-67-43(27-37)49(39)48(38)42)40-28-54-44(56-40)30-60(22-8-4)52(64)50(58-46(62)16-6-2)34-18-12-10-13-19-34/h1,10-15,18-21,24-29,47,50-51,59,63H,6-9,16-17,22-23,30-33H2,2-4H3,(H,54,56)(H,55,57)(H,58,62)/t47?,50-,51-/m1/s1. The largest absolute Gasteiger partial charge is 0.488 e. The fourth-order valence-electron chi connectivity index (χ4n) is 8.80. The van der Waals surface area contributed by atoms with Crippen LogP contribution in [-0.2, 0) is 40.7 Å². The van der Waals surface area contributed by atoms with Gasteiger partial charge >= 0.3 is 0 Å². The first-order valence-electron chi connectivity index (χ1n) is 23.2. The van der Waals surface area contributed by atoms with Crippen molar-refractivity contribution in [2.24, 2.45) is 0 Å². The number of H-pyrrole nitrogens is 2. The van der Waals surface area contributed by atoms with Crippen molar-refractivity contribution in [1.29, 1.82) is 0 Å². The Kier molecular flexibility index (Phi) is 14.8. The molecular formula is C53H58N8O6. The van der Waals surface area contributed by atoms with Crippen molar-refractivity contribution in [3.05, 3.63) is 131 Å². The van der Waals surface area contributed by atoms with Gasteiger partial charge in [-0.3, -0.25) is 19.7 Å². The number of nitrogens with one attached hydrogen (secondary N) is 4. The van der Waals surface area contributed by atoms with Crippen LogP contribution in [0.2, 0.25) is 0 Å². The van der Waals surface area contributed by atoms with Crippen LogP contribution >= 0.6 is 0 Å². The highest BCUT2D eigenvalue weighted by Gasteiger charge is 2.32. The minimum absolute atomic E-state index is 0.163. The summed E-state index contributed by atoms with van der Waals surface area (Å²) < 4.78 is 12.9. The van der Waals surface area contributed by atoms with Gasteiger partial charge in [-0.2, -0.15) is 0 Å². The summed E-state index contributed by atoms with van der Waals surface area (Å²) in [4.78, 5) is 60.7.